The van der Waals surface area contributed by atoms with Crippen LogP contribution in [0.15, 0.2) is 29.4 Å². The SMILES string of the molecule is CCCCN1N=C(c2ccc(Cl)cc2)CC1=O. The Morgan fingerprint density at radius 2 is 2.06 bits per heavy atom. The molecule has 1 aliphatic heterocycles. The first kappa shape index (κ1) is 12.1. The molecule has 17 heavy (non-hydrogen) atoms. The standard InChI is InChI=1S/C13H15ClN2O/c1-2-3-8-16-13(17)9-12(15-16)10-4-6-11(14)7-5-10/h4-7H,2-3,8-9H2,1H3. The lowest BCUT2D eigenvalue weighted by molar-refractivity contribution is -0.128. The van der Waals surface area contributed by atoms with Crippen molar-refractivity contribution in [2.45, 2.75) is 26.2 Å². The van der Waals surface area contributed by atoms with E-state index in [1.54, 1.807) is 5.01 Å². The van der Waals surface area contributed by atoms with E-state index in [1.807, 2.05) is 24.3 Å². The predicted molar refractivity (Wildman–Crippen MR) is 69.2 cm³/mol. The number of hydrogen-bond donors (Lipinski definition) is 0. The monoisotopic (exact) mass is 250 g/mol. The molecule has 0 atom stereocenters. The summed E-state index contributed by atoms with van der Waals surface area (Å²) >= 11 is 5.83. The largest absolute Gasteiger partial charge is 0.273 e. The van der Waals surface area contributed by atoms with Crippen molar-refractivity contribution in [2.75, 3.05) is 6.54 Å². The van der Waals surface area contributed by atoms with E-state index in [4.69, 9.17) is 11.6 Å². The number of amides is 1. The summed E-state index contributed by atoms with van der Waals surface area (Å²) in [6.45, 7) is 2.82. The summed E-state index contributed by atoms with van der Waals surface area (Å²) in [7, 11) is 0. The lowest BCUT2D eigenvalue weighted by atomic mass is 10.1. The fourth-order valence-corrected chi connectivity index (χ4v) is 1.88. The van der Waals surface area contributed by atoms with E-state index in [9.17, 15) is 4.79 Å². The van der Waals surface area contributed by atoms with Crippen LogP contribution in [0.1, 0.15) is 31.7 Å². The number of carbonyl (C=O) groups is 1. The molecule has 0 saturated carbocycles. The van der Waals surface area contributed by atoms with E-state index >= 15 is 0 Å². The quantitative estimate of drug-likeness (QED) is 0.808. The molecule has 4 heteroatoms. The maximum absolute atomic E-state index is 11.7. The van der Waals surface area contributed by atoms with Crippen LogP contribution < -0.4 is 0 Å². The van der Waals surface area contributed by atoms with Crippen LogP contribution in [0.4, 0.5) is 0 Å². The zero-order valence-electron chi connectivity index (χ0n) is 9.82. The maximum atomic E-state index is 11.7. The topological polar surface area (TPSA) is 32.7 Å². The molecule has 1 aliphatic rings. The van der Waals surface area contributed by atoms with E-state index in [2.05, 4.69) is 12.0 Å². The number of benzene rings is 1. The first-order chi connectivity index (χ1) is 8.20. The Morgan fingerprint density at radius 3 is 2.71 bits per heavy atom. The van der Waals surface area contributed by atoms with Gasteiger partial charge in [0.15, 0.2) is 0 Å². The molecular weight excluding hydrogens is 236 g/mol. The summed E-state index contributed by atoms with van der Waals surface area (Å²) in [6, 6.07) is 7.44. The fourth-order valence-electron chi connectivity index (χ4n) is 1.76. The highest BCUT2D eigenvalue weighted by Gasteiger charge is 2.23. The molecule has 1 heterocycles. The number of carbonyl (C=O) groups excluding carboxylic acids is 1. The molecule has 0 fully saturated rings. The minimum absolute atomic E-state index is 0.0865. The summed E-state index contributed by atoms with van der Waals surface area (Å²) in [6.07, 6.45) is 2.45. The fraction of sp³-hybridized carbons (Fsp3) is 0.385. The Kier molecular flexibility index (Phi) is 3.79. The summed E-state index contributed by atoms with van der Waals surface area (Å²) in [5, 5.41) is 6.64. The van der Waals surface area contributed by atoms with Gasteiger partial charge in [0.05, 0.1) is 12.1 Å². The van der Waals surface area contributed by atoms with Gasteiger partial charge in [0, 0.05) is 11.6 Å². The second-order valence-electron chi connectivity index (χ2n) is 4.10. The number of rotatable bonds is 4. The molecule has 0 saturated heterocycles. The molecule has 0 spiro atoms. The third kappa shape index (κ3) is 2.86. The molecule has 3 nitrogen and oxygen atoms in total. The lowest BCUT2D eigenvalue weighted by Crippen LogP contribution is -2.21. The Hall–Kier alpha value is -1.35. The molecular formula is C13H15ClN2O. The molecule has 90 valence electrons. The van der Waals surface area contributed by atoms with Crippen LogP contribution in [0.25, 0.3) is 0 Å². The predicted octanol–water partition coefficient (Wildman–Crippen LogP) is 3.08. The van der Waals surface area contributed by atoms with Gasteiger partial charge >= 0.3 is 0 Å². The number of hydrazone groups is 1. The van der Waals surface area contributed by atoms with E-state index < -0.39 is 0 Å². The Bertz CT molecular complexity index is 439. The van der Waals surface area contributed by atoms with Gasteiger partial charge in [-0.25, -0.2) is 5.01 Å². The first-order valence-corrected chi connectivity index (χ1v) is 6.22. The molecule has 0 unspecified atom stereocenters. The van der Waals surface area contributed by atoms with Gasteiger partial charge < -0.3 is 0 Å². The van der Waals surface area contributed by atoms with E-state index in [0.717, 1.165) is 24.1 Å². The van der Waals surface area contributed by atoms with Gasteiger partial charge in [0.1, 0.15) is 0 Å². The van der Waals surface area contributed by atoms with Gasteiger partial charge in [0.25, 0.3) is 0 Å². The number of unbranched alkanes of at least 4 members (excludes halogenated alkanes) is 1. The van der Waals surface area contributed by atoms with Crippen LogP contribution in [0, 0.1) is 0 Å². The third-order valence-electron chi connectivity index (χ3n) is 2.75. The molecule has 1 amide bonds. The van der Waals surface area contributed by atoms with Crippen molar-refractivity contribution < 1.29 is 4.79 Å². The van der Waals surface area contributed by atoms with Crippen molar-refractivity contribution >= 4 is 23.2 Å². The Balaban J connectivity index is 2.12. The van der Waals surface area contributed by atoms with Gasteiger partial charge in [-0.3, -0.25) is 4.79 Å². The van der Waals surface area contributed by atoms with Gasteiger partial charge in [-0.15, -0.1) is 0 Å². The molecule has 0 aromatic heterocycles. The summed E-state index contributed by atoms with van der Waals surface area (Å²) in [5.74, 6) is 0.0865. The molecule has 1 aromatic carbocycles. The highest BCUT2D eigenvalue weighted by atomic mass is 35.5. The average molecular weight is 251 g/mol. The van der Waals surface area contributed by atoms with E-state index in [1.165, 1.54) is 0 Å². The minimum atomic E-state index is 0.0865. The van der Waals surface area contributed by atoms with Crippen molar-refractivity contribution in [3.05, 3.63) is 34.9 Å². The van der Waals surface area contributed by atoms with E-state index in [-0.39, 0.29) is 5.91 Å². The second-order valence-corrected chi connectivity index (χ2v) is 4.54. The summed E-state index contributed by atoms with van der Waals surface area (Å²) in [4.78, 5) is 11.7. The molecule has 1 aromatic rings. The van der Waals surface area contributed by atoms with Crippen LogP contribution in [-0.2, 0) is 4.79 Å². The van der Waals surface area contributed by atoms with Gasteiger partial charge in [-0.1, -0.05) is 37.1 Å². The Labute approximate surface area is 106 Å². The van der Waals surface area contributed by atoms with Crippen molar-refractivity contribution in [1.82, 2.24) is 5.01 Å². The van der Waals surface area contributed by atoms with Crippen LogP contribution in [0.3, 0.4) is 0 Å². The summed E-state index contributed by atoms with van der Waals surface area (Å²) < 4.78 is 0. The normalized spacial score (nSPS) is 15.3. The van der Waals surface area contributed by atoms with Crippen molar-refractivity contribution in [2.24, 2.45) is 5.10 Å². The first-order valence-electron chi connectivity index (χ1n) is 5.84. The zero-order valence-corrected chi connectivity index (χ0v) is 10.6. The van der Waals surface area contributed by atoms with Crippen molar-refractivity contribution in [3.63, 3.8) is 0 Å². The molecule has 2 rings (SSSR count). The third-order valence-corrected chi connectivity index (χ3v) is 3.00. The van der Waals surface area contributed by atoms with Crippen molar-refractivity contribution in [1.29, 1.82) is 0 Å². The smallest absolute Gasteiger partial charge is 0.248 e. The van der Waals surface area contributed by atoms with Crippen LogP contribution in [0.5, 0.6) is 0 Å². The number of hydrogen-bond acceptors (Lipinski definition) is 2. The second kappa shape index (κ2) is 5.32. The molecule has 0 bridgehead atoms. The van der Waals surface area contributed by atoms with Gasteiger partial charge in [0.2, 0.25) is 5.91 Å². The van der Waals surface area contributed by atoms with Gasteiger partial charge in [-0.2, -0.15) is 5.10 Å². The lowest BCUT2D eigenvalue weighted by Gasteiger charge is -2.09. The van der Waals surface area contributed by atoms with Crippen molar-refractivity contribution in [3.8, 4) is 0 Å². The highest BCUT2D eigenvalue weighted by Crippen LogP contribution is 2.17. The molecule has 0 N–H and O–H groups in total. The average Bonchev–Trinajstić information content (AvgIpc) is 2.69. The van der Waals surface area contributed by atoms with Gasteiger partial charge in [-0.05, 0) is 24.1 Å². The Morgan fingerprint density at radius 1 is 1.35 bits per heavy atom. The molecule has 0 aliphatic carbocycles. The van der Waals surface area contributed by atoms with Crippen LogP contribution in [-0.4, -0.2) is 23.2 Å². The molecule has 0 radical (unpaired) electrons. The number of nitrogens with zero attached hydrogens (tertiary/aromatic N) is 2. The van der Waals surface area contributed by atoms with Crippen LogP contribution in [0.2, 0.25) is 5.02 Å². The van der Waals surface area contributed by atoms with E-state index in [0.29, 0.717) is 18.0 Å². The minimum Gasteiger partial charge on any atom is -0.273 e. The maximum Gasteiger partial charge on any atom is 0.248 e. The highest BCUT2D eigenvalue weighted by molar-refractivity contribution is 6.30. The van der Waals surface area contributed by atoms with Crippen LogP contribution >= 0.6 is 11.6 Å². The summed E-state index contributed by atoms with van der Waals surface area (Å²) in [5.41, 5.74) is 1.81. The number of halogens is 1. The zero-order chi connectivity index (χ0) is 12.3.